The van der Waals surface area contributed by atoms with Crippen LogP contribution in [-0.4, -0.2) is 14.1 Å². The van der Waals surface area contributed by atoms with Crippen LogP contribution in [-0.2, 0) is 6.42 Å². The molecule has 0 aliphatic heterocycles. The Morgan fingerprint density at radius 3 is 1.57 bits per heavy atom. The molecule has 56 heavy (non-hydrogen) atoms. The van der Waals surface area contributed by atoms with E-state index in [1.54, 1.807) is 0 Å². The number of fused-ring (bicyclic) bond motifs is 6. The van der Waals surface area contributed by atoms with Gasteiger partial charge in [0.2, 0.25) is 0 Å². The summed E-state index contributed by atoms with van der Waals surface area (Å²) in [5, 5.41) is 3.85. The third kappa shape index (κ3) is 5.39. The summed E-state index contributed by atoms with van der Waals surface area (Å²) >= 11 is 0. The minimum atomic E-state index is 0.961. The van der Waals surface area contributed by atoms with Crippen molar-refractivity contribution in [1.29, 1.82) is 0 Å². The summed E-state index contributed by atoms with van der Waals surface area (Å²) in [6.07, 6.45) is 4.39. The lowest BCUT2D eigenvalue weighted by Crippen LogP contribution is -2.05. The van der Waals surface area contributed by atoms with Crippen molar-refractivity contribution < 1.29 is 0 Å². The normalized spacial score (nSPS) is 12.6. The molecular weight excluding hydrogens is 679 g/mol. The Balaban J connectivity index is 0.999. The van der Waals surface area contributed by atoms with Crippen LogP contribution in [0, 0.1) is 0 Å². The fourth-order valence-corrected chi connectivity index (χ4v) is 8.79. The van der Waals surface area contributed by atoms with Crippen LogP contribution in [0.15, 0.2) is 194 Å². The highest BCUT2D eigenvalue weighted by Crippen LogP contribution is 2.41. The highest BCUT2D eigenvalue weighted by molar-refractivity contribution is 6.10. The molecule has 0 atom stereocenters. The lowest BCUT2D eigenvalue weighted by molar-refractivity contribution is 0.898. The van der Waals surface area contributed by atoms with Crippen LogP contribution < -0.4 is 0 Å². The minimum absolute atomic E-state index is 0.961. The molecule has 0 radical (unpaired) electrons. The summed E-state index contributed by atoms with van der Waals surface area (Å²) in [7, 11) is 0. The Labute approximate surface area is 326 Å². The Morgan fingerprint density at radius 2 is 0.893 bits per heavy atom. The van der Waals surface area contributed by atoms with Gasteiger partial charge in [0.25, 0.3) is 0 Å². The second kappa shape index (κ2) is 13.3. The number of benzene rings is 7. The first-order valence-electron chi connectivity index (χ1n) is 19.4. The van der Waals surface area contributed by atoms with E-state index in [1.807, 2.05) is 0 Å². The average molecular weight is 716 g/mol. The van der Waals surface area contributed by atoms with Gasteiger partial charge < -0.3 is 9.13 Å². The van der Waals surface area contributed by atoms with Crippen LogP contribution in [0.1, 0.15) is 23.2 Å². The van der Waals surface area contributed by atoms with Crippen LogP contribution in [0.3, 0.4) is 0 Å². The van der Waals surface area contributed by atoms with Crippen molar-refractivity contribution >= 4 is 44.4 Å². The highest BCUT2D eigenvalue weighted by atomic mass is 15.0. The molecule has 7 aromatic carbocycles. The molecule has 11 rings (SSSR count). The predicted octanol–water partition coefficient (Wildman–Crippen LogP) is 13.6. The van der Waals surface area contributed by atoms with Gasteiger partial charge in [-0.2, -0.15) is 0 Å². The van der Waals surface area contributed by atoms with Gasteiger partial charge in [-0.3, -0.25) is 0 Å². The quantitative estimate of drug-likeness (QED) is 0.168. The first-order chi connectivity index (χ1) is 27.8. The minimum Gasteiger partial charge on any atom is -0.313 e. The maximum Gasteiger partial charge on any atom is 0.0715 e. The van der Waals surface area contributed by atoms with Gasteiger partial charge in [-0.1, -0.05) is 140 Å². The Morgan fingerprint density at radius 1 is 0.357 bits per heavy atom. The van der Waals surface area contributed by atoms with Gasteiger partial charge in [-0.05, 0) is 95.8 Å². The molecule has 0 N–H and O–H groups in total. The lowest BCUT2D eigenvalue weighted by atomic mass is 9.90. The number of hydrogen-bond acceptors (Lipinski definition) is 1. The van der Waals surface area contributed by atoms with Crippen molar-refractivity contribution in [3.8, 4) is 45.0 Å². The van der Waals surface area contributed by atoms with Crippen LogP contribution in [0.25, 0.3) is 89.4 Å². The Bertz CT molecular complexity index is 3040. The van der Waals surface area contributed by atoms with E-state index >= 15 is 0 Å². The van der Waals surface area contributed by atoms with Crippen LogP contribution in [0.5, 0.6) is 0 Å². The zero-order chi connectivity index (χ0) is 37.0. The van der Waals surface area contributed by atoms with Gasteiger partial charge in [0, 0.05) is 49.9 Å². The molecular formula is C53H37N3. The zero-order valence-corrected chi connectivity index (χ0v) is 30.8. The summed E-state index contributed by atoms with van der Waals surface area (Å²) in [6.45, 7) is 0. The second-order valence-electron chi connectivity index (χ2n) is 14.7. The van der Waals surface area contributed by atoms with Gasteiger partial charge in [-0.15, -0.1) is 0 Å². The molecule has 0 bridgehead atoms. The number of aromatic nitrogens is 3. The number of allylic oxidation sites excluding steroid dienone is 1. The Hall–Kier alpha value is -7.23. The zero-order valence-electron chi connectivity index (χ0n) is 30.8. The van der Waals surface area contributed by atoms with E-state index in [9.17, 15) is 0 Å². The maximum atomic E-state index is 5.10. The van der Waals surface area contributed by atoms with Crippen LogP contribution in [0.2, 0.25) is 0 Å². The van der Waals surface area contributed by atoms with E-state index in [2.05, 4.69) is 209 Å². The Kier molecular flexibility index (Phi) is 7.63. The molecule has 0 amide bonds. The molecule has 0 fully saturated rings. The predicted molar refractivity (Wildman–Crippen MR) is 234 cm³/mol. The summed E-state index contributed by atoms with van der Waals surface area (Å²) in [6, 6.07) is 69.9. The van der Waals surface area contributed by atoms with Gasteiger partial charge >= 0.3 is 0 Å². The summed E-state index contributed by atoms with van der Waals surface area (Å²) in [5.74, 6) is 0. The standard InChI is InChI=1S/C53H37N3/c1-4-14-37(15-5-1)48-33-41(34-49(54-48)38-16-6-2-7-17-38)36-24-28-43(29-25-36)55-51-23-13-11-21-45(51)47-32-39(27-31-52(47)55)40-26-30-46-44-20-10-12-22-50(44)56(53(46)35-40)42-18-8-3-9-19-42/h1-26,28-30,32-35H,27,31H2. The van der Waals surface area contributed by atoms with E-state index in [0.717, 1.165) is 40.9 Å². The molecule has 1 aliphatic carbocycles. The molecule has 3 heterocycles. The van der Waals surface area contributed by atoms with Crippen molar-refractivity contribution in [2.45, 2.75) is 12.8 Å². The first kappa shape index (κ1) is 32.2. The topological polar surface area (TPSA) is 22.8 Å². The molecule has 0 spiro atoms. The molecule has 264 valence electrons. The van der Waals surface area contributed by atoms with Gasteiger partial charge in [0.15, 0.2) is 0 Å². The molecule has 0 saturated carbocycles. The van der Waals surface area contributed by atoms with Crippen molar-refractivity contribution in [3.05, 3.63) is 211 Å². The molecule has 3 nitrogen and oxygen atoms in total. The van der Waals surface area contributed by atoms with E-state index in [0.29, 0.717) is 0 Å². The smallest absolute Gasteiger partial charge is 0.0715 e. The van der Waals surface area contributed by atoms with Gasteiger partial charge in [0.05, 0.1) is 27.9 Å². The number of pyridine rings is 1. The second-order valence-corrected chi connectivity index (χ2v) is 14.7. The molecule has 1 aliphatic rings. The first-order valence-corrected chi connectivity index (χ1v) is 19.4. The molecule has 3 aromatic heterocycles. The fourth-order valence-electron chi connectivity index (χ4n) is 8.79. The van der Waals surface area contributed by atoms with Crippen LogP contribution >= 0.6 is 0 Å². The molecule has 3 heteroatoms. The number of hydrogen-bond donors (Lipinski definition) is 0. The summed E-state index contributed by atoms with van der Waals surface area (Å²) in [4.78, 5) is 5.10. The van der Waals surface area contributed by atoms with Crippen LogP contribution in [0.4, 0.5) is 0 Å². The van der Waals surface area contributed by atoms with Crippen molar-refractivity contribution in [2.75, 3.05) is 0 Å². The lowest BCUT2D eigenvalue weighted by Gasteiger charge is -2.18. The third-order valence-electron chi connectivity index (χ3n) is 11.4. The SMILES string of the molecule is C1=C(c2ccc3c4ccccc4n(-c4ccccc4)c3c2)CCc2c1c1ccccc1n2-c1ccc(-c2cc(-c3ccccc3)nc(-c3ccccc3)c2)cc1. The van der Waals surface area contributed by atoms with Gasteiger partial charge in [-0.25, -0.2) is 4.98 Å². The summed E-state index contributed by atoms with van der Waals surface area (Å²) in [5.41, 5.74) is 17.9. The fraction of sp³-hybridized carbons (Fsp3) is 0.0377. The van der Waals surface area contributed by atoms with E-state index < -0.39 is 0 Å². The van der Waals surface area contributed by atoms with Crippen molar-refractivity contribution in [2.24, 2.45) is 0 Å². The number of nitrogens with zero attached hydrogens (tertiary/aromatic N) is 3. The maximum absolute atomic E-state index is 5.10. The van der Waals surface area contributed by atoms with E-state index in [-0.39, 0.29) is 0 Å². The van der Waals surface area contributed by atoms with Crippen molar-refractivity contribution in [3.63, 3.8) is 0 Å². The number of rotatable bonds is 6. The molecule has 0 unspecified atom stereocenters. The van der Waals surface area contributed by atoms with Gasteiger partial charge in [0.1, 0.15) is 0 Å². The molecule has 10 aromatic rings. The summed E-state index contributed by atoms with van der Waals surface area (Å²) < 4.78 is 4.89. The van der Waals surface area contributed by atoms with E-state index in [1.165, 1.54) is 72.0 Å². The highest BCUT2D eigenvalue weighted by Gasteiger charge is 2.23. The molecule has 0 saturated heterocycles. The monoisotopic (exact) mass is 715 g/mol. The largest absolute Gasteiger partial charge is 0.313 e. The third-order valence-corrected chi connectivity index (χ3v) is 11.4. The number of para-hydroxylation sites is 3. The average Bonchev–Trinajstić information content (AvgIpc) is 3.79. The van der Waals surface area contributed by atoms with E-state index in [4.69, 9.17) is 4.98 Å². The van der Waals surface area contributed by atoms with Crippen molar-refractivity contribution in [1.82, 2.24) is 14.1 Å².